The molecule has 4 saturated carbocycles. The quantitative estimate of drug-likeness (QED) is 0.849. The predicted molar refractivity (Wildman–Crippen MR) is 86.8 cm³/mol. The van der Waals surface area contributed by atoms with Gasteiger partial charge in [0, 0.05) is 21.2 Å². The lowest BCUT2D eigenvalue weighted by atomic mass is 9.50. The summed E-state index contributed by atoms with van der Waals surface area (Å²) >= 11 is 3.71. The number of hydrogen-bond donors (Lipinski definition) is 2. The Morgan fingerprint density at radius 2 is 1.90 bits per heavy atom. The van der Waals surface area contributed by atoms with Crippen LogP contribution in [0.25, 0.3) is 0 Å². The summed E-state index contributed by atoms with van der Waals surface area (Å²) in [6.07, 6.45) is 7.68. The molecule has 20 heavy (non-hydrogen) atoms. The van der Waals surface area contributed by atoms with Crippen molar-refractivity contribution in [1.82, 2.24) is 0 Å². The van der Waals surface area contributed by atoms with E-state index in [1.54, 1.807) is 0 Å². The van der Waals surface area contributed by atoms with E-state index in [2.05, 4.69) is 46.4 Å². The molecule has 2 unspecified atom stereocenters. The monoisotopic (exact) mass is 334 g/mol. The molecule has 5 rings (SSSR count). The van der Waals surface area contributed by atoms with Crippen LogP contribution in [0.15, 0.2) is 22.7 Å². The van der Waals surface area contributed by atoms with Crippen LogP contribution >= 0.6 is 15.9 Å². The molecule has 3 heteroatoms. The third kappa shape index (κ3) is 2.10. The van der Waals surface area contributed by atoms with Gasteiger partial charge in [-0.25, -0.2) is 0 Å². The van der Waals surface area contributed by atoms with Gasteiger partial charge in [-0.05, 0) is 90.9 Å². The molecule has 0 spiro atoms. The summed E-state index contributed by atoms with van der Waals surface area (Å²) in [5, 5.41) is 3.88. The van der Waals surface area contributed by atoms with Crippen LogP contribution < -0.4 is 11.1 Å². The second-order valence-electron chi connectivity index (χ2n) is 7.71. The predicted octanol–water partition coefficient (Wildman–Crippen LogP) is 4.22. The minimum Gasteiger partial charge on any atom is -0.379 e. The summed E-state index contributed by atoms with van der Waals surface area (Å²) in [5.41, 5.74) is 9.55. The van der Waals surface area contributed by atoms with Gasteiger partial charge >= 0.3 is 0 Å². The summed E-state index contributed by atoms with van der Waals surface area (Å²) in [5.74, 6) is 1.69. The Morgan fingerprint density at radius 3 is 2.50 bits per heavy atom. The number of hydrogen-bond acceptors (Lipinski definition) is 2. The molecule has 0 radical (unpaired) electrons. The molecule has 3 N–H and O–H groups in total. The molecule has 0 heterocycles. The van der Waals surface area contributed by atoms with Gasteiger partial charge in [0.1, 0.15) is 0 Å². The average molecular weight is 335 g/mol. The van der Waals surface area contributed by atoms with Crippen molar-refractivity contribution in [1.29, 1.82) is 0 Å². The van der Waals surface area contributed by atoms with Gasteiger partial charge in [-0.3, -0.25) is 0 Å². The highest BCUT2D eigenvalue weighted by molar-refractivity contribution is 9.10. The molecular formula is C17H23BrN2. The van der Waals surface area contributed by atoms with E-state index in [1.165, 1.54) is 47.8 Å². The molecule has 0 aromatic heterocycles. The number of nitrogens with two attached hydrogens (primary N) is 1. The third-order valence-corrected chi connectivity index (χ3v) is 6.29. The fourth-order valence-corrected chi connectivity index (χ4v) is 6.08. The highest BCUT2D eigenvalue weighted by atomic mass is 79.9. The van der Waals surface area contributed by atoms with E-state index < -0.39 is 0 Å². The molecule has 0 aliphatic heterocycles. The van der Waals surface area contributed by atoms with Gasteiger partial charge in [0.15, 0.2) is 0 Å². The molecule has 4 fully saturated rings. The van der Waals surface area contributed by atoms with E-state index in [0.29, 0.717) is 0 Å². The first-order valence-corrected chi connectivity index (χ1v) is 8.58. The summed E-state index contributed by atoms with van der Waals surface area (Å²) in [6.45, 7) is 2.13. The number of rotatable bonds is 2. The Balaban J connectivity index is 1.65. The van der Waals surface area contributed by atoms with Gasteiger partial charge in [-0.2, -0.15) is 0 Å². The van der Waals surface area contributed by atoms with Crippen LogP contribution in [0, 0.1) is 18.8 Å². The topological polar surface area (TPSA) is 38.0 Å². The molecule has 0 saturated heterocycles. The number of benzene rings is 1. The van der Waals surface area contributed by atoms with E-state index in [-0.39, 0.29) is 11.1 Å². The van der Waals surface area contributed by atoms with Crippen molar-refractivity contribution >= 4 is 21.6 Å². The second-order valence-corrected chi connectivity index (χ2v) is 8.57. The average Bonchev–Trinajstić information content (AvgIpc) is 2.29. The third-order valence-electron chi connectivity index (χ3n) is 5.63. The smallest absolute Gasteiger partial charge is 0.0489 e. The Hall–Kier alpha value is -0.540. The minimum absolute atomic E-state index is 0.105. The highest BCUT2D eigenvalue weighted by Gasteiger charge is 2.56. The number of anilines is 1. The molecule has 0 amide bonds. The zero-order chi connectivity index (χ0) is 14.0. The lowest BCUT2D eigenvalue weighted by Crippen LogP contribution is -2.65. The van der Waals surface area contributed by atoms with E-state index >= 15 is 0 Å². The summed E-state index contributed by atoms with van der Waals surface area (Å²) in [6, 6.07) is 6.59. The Bertz CT molecular complexity index is 540. The van der Waals surface area contributed by atoms with E-state index in [4.69, 9.17) is 5.73 Å². The van der Waals surface area contributed by atoms with E-state index in [0.717, 1.165) is 18.3 Å². The van der Waals surface area contributed by atoms with Crippen molar-refractivity contribution in [3.63, 3.8) is 0 Å². The first-order chi connectivity index (χ1) is 9.45. The van der Waals surface area contributed by atoms with E-state index in [1.807, 2.05) is 0 Å². The van der Waals surface area contributed by atoms with Crippen molar-refractivity contribution in [3.8, 4) is 0 Å². The molecule has 1 aromatic carbocycles. The minimum atomic E-state index is 0.105. The molecule has 108 valence electrons. The zero-order valence-electron chi connectivity index (χ0n) is 12.1. The van der Waals surface area contributed by atoms with Crippen molar-refractivity contribution in [2.75, 3.05) is 5.32 Å². The normalized spacial score (nSPS) is 42.0. The maximum absolute atomic E-state index is 6.67. The van der Waals surface area contributed by atoms with Gasteiger partial charge in [-0.1, -0.05) is 6.07 Å². The fraction of sp³-hybridized carbons (Fsp3) is 0.647. The van der Waals surface area contributed by atoms with Gasteiger partial charge in [0.25, 0.3) is 0 Å². The Morgan fingerprint density at radius 1 is 1.20 bits per heavy atom. The largest absolute Gasteiger partial charge is 0.379 e. The summed E-state index contributed by atoms with van der Waals surface area (Å²) in [7, 11) is 0. The van der Waals surface area contributed by atoms with Crippen LogP contribution in [0.2, 0.25) is 0 Å². The van der Waals surface area contributed by atoms with Crippen LogP contribution in [0.3, 0.4) is 0 Å². The number of halogens is 1. The van der Waals surface area contributed by atoms with Gasteiger partial charge < -0.3 is 11.1 Å². The molecule has 2 nitrogen and oxygen atoms in total. The van der Waals surface area contributed by atoms with E-state index in [9.17, 15) is 0 Å². The molecule has 4 bridgehead atoms. The summed E-state index contributed by atoms with van der Waals surface area (Å²) in [4.78, 5) is 0. The molecule has 4 aliphatic carbocycles. The van der Waals surface area contributed by atoms with Crippen LogP contribution in [0.5, 0.6) is 0 Å². The van der Waals surface area contributed by atoms with Crippen LogP contribution in [-0.4, -0.2) is 11.1 Å². The molecule has 1 aromatic rings. The standard InChI is InChI=1S/C17H23BrN2/c1-11-2-3-15(14(18)4-11)20-17-8-12-5-13(9-17)7-16(19,6-12)10-17/h2-4,12-13,20H,5-10,19H2,1H3. The number of nitrogens with one attached hydrogen (secondary N) is 1. The molecule has 4 aliphatic rings. The maximum Gasteiger partial charge on any atom is 0.0489 e. The lowest BCUT2D eigenvalue weighted by molar-refractivity contribution is -0.00778. The fourth-order valence-electron chi connectivity index (χ4n) is 5.49. The maximum atomic E-state index is 6.67. The molecule has 2 atom stereocenters. The summed E-state index contributed by atoms with van der Waals surface area (Å²) < 4.78 is 1.18. The Kier molecular flexibility index (Phi) is 2.78. The van der Waals surface area contributed by atoms with Crippen LogP contribution in [0.1, 0.15) is 44.1 Å². The van der Waals surface area contributed by atoms with Gasteiger partial charge in [0.2, 0.25) is 0 Å². The first-order valence-electron chi connectivity index (χ1n) is 7.79. The number of aryl methyl sites for hydroxylation is 1. The van der Waals surface area contributed by atoms with Crippen molar-refractivity contribution < 1.29 is 0 Å². The van der Waals surface area contributed by atoms with Crippen LogP contribution in [-0.2, 0) is 0 Å². The lowest BCUT2D eigenvalue weighted by Gasteiger charge is -2.61. The van der Waals surface area contributed by atoms with Gasteiger partial charge in [-0.15, -0.1) is 0 Å². The van der Waals surface area contributed by atoms with Gasteiger partial charge in [0.05, 0.1) is 0 Å². The van der Waals surface area contributed by atoms with Crippen molar-refractivity contribution in [2.24, 2.45) is 17.6 Å². The molecular weight excluding hydrogens is 312 g/mol. The van der Waals surface area contributed by atoms with Crippen LogP contribution in [0.4, 0.5) is 5.69 Å². The highest BCUT2D eigenvalue weighted by Crippen LogP contribution is 2.57. The van der Waals surface area contributed by atoms with Crippen molar-refractivity contribution in [3.05, 3.63) is 28.2 Å². The van der Waals surface area contributed by atoms with Crippen molar-refractivity contribution in [2.45, 2.75) is 56.5 Å². The SMILES string of the molecule is Cc1ccc(NC23CC4CC(CC(N)(C4)C2)C3)c(Br)c1. The first kappa shape index (κ1) is 13.1. The second kappa shape index (κ2) is 4.23. The Labute approximate surface area is 129 Å². The zero-order valence-corrected chi connectivity index (χ0v) is 13.7.